The van der Waals surface area contributed by atoms with Crippen LogP contribution in [0, 0.1) is 10.1 Å². The molecule has 28 heavy (non-hydrogen) atoms. The fourth-order valence-electron chi connectivity index (χ4n) is 3.08. The van der Waals surface area contributed by atoms with Crippen LogP contribution in [0.5, 0.6) is 11.5 Å². The predicted octanol–water partition coefficient (Wildman–Crippen LogP) is 5.11. The summed E-state index contributed by atoms with van der Waals surface area (Å²) in [6.45, 7) is 8.14. The van der Waals surface area contributed by atoms with Crippen LogP contribution in [0.15, 0.2) is 30.3 Å². The Kier molecular flexibility index (Phi) is 6.62. The van der Waals surface area contributed by atoms with Crippen LogP contribution in [0.4, 0.5) is 11.4 Å². The molecule has 0 unspecified atom stereocenters. The molecular weight excluding hydrogens is 360 g/mol. The molecule has 0 spiro atoms. The zero-order valence-corrected chi connectivity index (χ0v) is 17.0. The van der Waals surface area contributed by atoms with Crippen LogP contribution in [0.25, 0.3) is 0 Å². The molecule has 1 amide bonds. The van der Waals surface area contributed by atoms with Gasteiger partial charge in [0.05, 0.1) is 25.2 Å². The number of nitro groups is 1. The molecule has 0 bridgehead atoms. The van der Waals surface area contributed by atoms with E-state index in [0.717, 1.165) is 11.1 Å². The van der Waals surface area contributed by atoms with Gasteiger partial charge in [0, 0.05) is 11.8 Å². The quantitative estimate of drug-likeness (QED) is 0.527. The lowest BCUT2D eigenvalue weighted by Crippen LogP contribution is -2.17. The fraction of sp³-hybridized carbons (Fsp3) is 0.381. The van der Waals surface area contributed by atoms with Gasteiger partial charge in [0.2, 0.25) is 0 Å². The minimum Gasteiger partial charge on any atom is -0.493 e. The molecule has 2 aromatic rings. The molecule has 0 saturated heterocycles. The monoisotopic (exact) mass is 386 g/mol. The number of methoxy groups -OCH3 is 2. The highest BCUT2D eigenvalue weighted by molar-refractivity contribution is 6.08. The van der Waals surface area contributed by atoms with Crippen LogP contribution in [-0.4, -0.2) is 25.1 Å². The summed E-state index contributed by atoms with van der Waals surface area (Å²) in [4.78, 5) is 24.0. The molecule has 0 aliphatic carbocycles. The number of ether oxygens (including phenoxy) is 2. The molecule has 0 aliphatic heterocycles. The number of anilines is 1. The van der Waals surface area contributed by atoms with Crippen molar-refractivity contribution < 1.29 is 19.2 Å². The Morgan fingerprint density at radius 2 is 1.50 bits per heavy atom. The van der Waals surface area contributed by atoms with E-state index in [1.165, 1.54) is 26.4 Å². The van der Waals surface area contributed by atoms with Gasteiger partial charge >= 0.3 is 0 Å². The summed E-state index contributed by atoms with van der Waals surface area (Å²) in [5.74, 6) is 0.224. The molecule has 0 saturated carbocycles. The van der Waals surface area contributed by atoms with E-state index in [9.17, 15) is 14.9 Å². The van der Waals surface area contributed by atoms with Gasteiger partial charge in [-0.2, -0.15) is 0 Å². The number of nitrogens with zero attached hydrogens (tertiary/aromatic N) is 1. The van der Waals surface area contributed by atoms with Crippen LogP contribution in [0.3, 0.4) is 0 Å². The third kappa shape index (κ3) is 4.24. The summed E-state index contributed by atoms with van der Waals surface area (Å²) < 4.78 is 10.3. The molecule has 0 radical (unpaired) electrons. The van der Waals surface area contributed by atoms with Crippen molar-refractivity contribution >= 4 is 17.3 Å². The first-order valence-electron chi connectivity index (χ1n) is 9.05. The van der Waals surface area contributed by atoms with Crippen molar-refractivity contribution in [1.29, 1.82) is 0 Å². The molecule has 0 atom stereocenters. The van der Waals surface area contributed by atoms with Gasteiger partial charge in [0.25, 0.3) is 11.6 Å². The number of carbonyl (C=O) groups excluding carboxylic acids is 1. The molecule has 1 N–H and O–H groups in total. The van der Waals surface area contributed by atoms with Gasteiger partial charge in [0.15, 0.2) is 11.5 Å². The molecule has 2 rings (SSSR count). The second kappa shape index (κ2) is 8.73. The van der Waals surface area contributed by atoms with Crippen molar-refractivity contribution in [2.75, 3.05) is 19.5 Å². The van der Waals surface area contributed by atoms with E-state index in [4.69, 9.17) is 9.47 Å². The summed E-state index contributed by atoms with van der Waals surface area (Å²) in [7, 11) is 2.80. The van der Waals surface area contributed by atoms with Gasteiger partial charge in [-0.3, -0.25) is 14.9 Å². The SMILES string of the molecule is COc1cc(C(=O)Nc2c(C(C)C)cccc2C(C)C)c([N+](=O)[O-])cc1OC. The lowest BCUT2D eigenvalue weighted by Gasteiger charge is -2.20. The zero-order valence-electron chi connectivity index (χ0n) is 17.0. The number of nitro benzene ring substituents is 1. The van der Waals surface area contributed by atoms with E-state index in [1.807, 2.05) is 45.9 Å². The fourth-order valence-corrected chi connectivity index (χ4v) is 3.08. The third-order valence-electron chi connectivity index (χ3n) is 4.55. The van der Waals surface area contributed by atoms with Crippen molar-refractivity contribution in [1.82, 2.24) is 0 Å². The number of para-hydroxylation sites is 1. The summed E-state index contributed by atoms with van der Waals surface area (Å²) in [6.07, 6.45) is 0. The summed E-state index contributed by atoms with van der Waals surface area (Å²) in [5.41, 5.74) is 2.21. The Bertz CT molecular complexity index is 864. The van der Waals surface area contributed by atoms with E-state index < -0.39 is 10.8 Å². The van der Waals surface area contributed by atoms with Gasteiger partial charge in [-0.25, -0.2) is 0 Å². The van der Waals surface area contributed by atoms with Crippen molar-refractivity contribution in [3.8, 4) is 11.5 Å². The lowest BCUT2D eigenvalue weighted by molar-refractivity contribution is -0.385. The first kappa shape index (κ1) is 21.2. The standard InChI is InChI=1S/C21H26N2O5/c1-12(2)14-8-7-9-15(13(3)4)20(14)22-21(24)16-10-18(27-5)19(28-6)11-17(16)23(25)26/h7-13H,1-6H3,(H,22,24). The number of rotatable bonds is 7. The largest absolute Gasteiger partial charge is 0.493 e. The maximum absolute atomic E-state index is 13.0. The average molecular weight is 386 g/mol. The van der Waals surface area contributed by atoms with E-state index in [2.05, 4.69) is 5.32 Å². The molecule has 7 nitrogen and oxygen atoms in total. The summed E-state index contributed by atoms with van der Waals surface area (Å²) >= 11 is 0. The molecule has 0 fully saturated rings. The number of hydrogen-bond acceptors (Lipinski definition) is 5. The zero-order chi connectivity index (χ0) is 21.0. The molecule has 150 valence electrons. The van der Waals surface area contributed by atoms with E-state index in [0.29, 0.717) is 5.69 Å². The minimum atomic E-state index is -0.603. The Balaban J connectivity index is 2.59. The summed E-state index contributed by atoms with van der Waals surface area (Å²) in [5, 5.41) is 14.4. The average Bonchev–Trinajstić information content (AvgIpc) is 2.66. The molecule has 7 heteroatoms. The van der Waals surface area contributed by atoms with Gasteiger partial charge in [-0.1, -0.05) is 45.9 Å². The molecule has 0 heterocycles. The van der Waals surface area contributed by atoms with Crippen LogP contribution in [0.1, 0.15) is 61.0 Å². The first-order chi connectivity index (χ1) is 13.2. The van der Waals surface area contributed by atoms with Crippen LogP contribution in [-0.2, 0) is 0 Å². The van der Waals surface area contributed by atoms with Gasteiger partial charge in [-0.05, 0) is 23.0 Å². The van der Waals surface area contributed by atoms with E-state index >= 15 is 0 Å². The normalized spacial score (nSPS) is 10.9. The highest BCUT2D eigenvalue weighted by atomic mass is 16.6. The maximum Gasteiger partial charge on any atom is 0.286 e. The van der Waals surface area contributed by atoms with Gasteiger partial charge in [0.1, 0.15) is 5.56 Å². The predicted molar refractivity (Wildman–Crippen MR) is 109 cm³/mol. The number of amides is 1. The van der Waals surface area contributed by atoms with Gasteiger partial charge < -0.3 is 14.8 Å². The second-order valence-electron chi connectivity index (χ2n) is 7.06. The smallest absolute Gasteiger partial charge is 0.286 e. The lowest BCUT2D eigenvalue weighted by atomic mass is 9.92. The third-order valence-corrected chi connectivity index (χ3v) is 4.55. The number of nitrogens with one attached hydrogen (secondary N) is 1. The number of hydrogen-bond donors (Lipinski definition) is 1. The van der Waals surface area contributed by atoms with Crippen molar-refractivity contribution in [2.24, 2.45) is 0 Å². The number of benzene rings is 2. The Hall–Kier alpha value is -3.09. The van der Waals surface area contributed by atoms with E-state index in [1.54, 1.807) is 0 Å². The topological polar surface area (TPSA) is 90.7 Å². The van der Waals surface area contributed by atoms with Crippen molar-refractivity contribution in [3.05, 3.63) is 57.1 Å². The van der Waals surface area contributed by atoms with Gasteiger partial charge in [-0.15, -0.1) is 0 Å². The molecule has 0 aromatic heterocycles. The first-order valence-corrected chi connectivity index (χ1v) is 9.05. The molecule has 0 aliphatic rings. The van der Waals surface area contributed by atoms with Crippen LogP contribution >= 0.6 is 0 Å². The minimum absolute atomic E-state index is 0.0871. The second-order valence-corrected chi connectivity index (χ2v) is 7.06. The molecular formula is C21H26N2O5. The van der Waals surface area contributed by atoms with Crippen LogP contribution < -0.4 is 14.8 Å². The molecule has 2 aromatic carbocycles. The Labute approximate surface area is 164 Å². The van der Waals surface area contributed by atoms with E-state index in [-0.39, 0.29) is 34.6 Å². The number of carbonyl (C=O) groups is 1. The summed E-state index contributed by atoms with van der Waals surface area (Å²) in [6, 6.07) is 8.40. The Morgan fingerprint density at radius 1 is 1.00 bits per heavy atom. The maximum atomic E-state index is 13.0. The Morgan fingerprint density at radius 3 is 1.93 bits per heavy atom. The highest BCUT2D eigenvalue weighted by Crippen LogP contribution is 2.36. The van der Waals surface area contributed by atoms with Crippen LogP contribution in [0.2, 0.25) is 0 Å². The van der Waals surface area contributed by atoms with Crippen molar-refractivity contribution in [2.45, 2.75) is 39.5 Å². The van der Waals surface area contributed by atoms with Crippen molar-refractivity contribution in [3.63, 3.8) is 0 Å². The highest BCUT2D eigenvalue weighted by Gasteiger charge is 2.26.